The number of hydrogen-bond acceptors (Lipinski definition) is 4. The minimum atomic E-state index is -0.312. The molecule has 2 heterocycles. The maximum atomic E-state index is 13.2. The maximum absolute atomic E-state index is 13.2. The van der Waals surface area contributed by atoms with Gasteiger partial charge in [-0.25, -0.2) is 4.39 Å². The van der Waals surface area contributed by atoms with Gasteiger partial charge >= 0.3 is 0 Å². The van der Waals surface area contributed by atoms with E-state index in [-0.39, 0.29) is 11.7 Å². The molecule has 3 aromatic rings. The molecule has 2 aromatic carbocycles. The third-order valence-electron chi connectivity index (χ3n) is 5.39. The minimum Gasteiger partial charge on any atom is -0.405 e. The largest absolute Gasteiger partial charge is 0.405 e. The first-order chi connectivity index (χ1) is 15.0. The molecule has 158 valence electrons. The van der Waals surface area contributed by atoms with E-state index in [1.54, 1.807) is 42.6 Å². The molecular formula is C24H23FN4O2. The Labute approximate surface area is 180 Å². The lowest BCUT2D eigenvalue weighted by atomic mass is 10.1. The van der Waals surface area contributed by atoms with Crippen molar-refractivity contribution in [1.82, 2.24) is 9.63 Å². The highest BCUT2D eigenvalue weighted by Gasteiger charge is 2.17. The van der Waals surface area contributed by atoms with Crippen LogP contribution in [0.1, 0.15) is 40.9 Å². The number of benzene rings is 2. The smallest absolute Gasteiger partial charge is 0.257 e. The van der Waals surface area contributed by atoms with Gasteiger partial charge in [-0.05, 0) is 68.3 Å². The van der Waals surface area contributed by atoms with Gasteiger partial charge < -0.3 is 14.7 Å². The van der Waals surface area contributed by atoms with Gasteiger partial charge in [0.2, 0.25) is 0 Å². The van der Waals surface area contributed by atoms with E-state index in [1.807, 2.05) is 16.6 Å². The second-order valence-electron chi connectivity index (χ2n) is 7.52. The van der Waals surface area contributed by atoms with Gasteiger partial charge in [0.1, 0.15) is 11.9 Å². The molecule has 0 atom stereocenters. The molecule has 7 heteroatoms. The van der Waals surface area contributed by atoms with Gasteiger partial charge in [0.25, 0.3) is 5.91 Å². The molecule has 0 aliphatic carbocycles. The Kier molecular flexibility index (Phi) is 6.01. The van der Waals surface area contributed by atoms with E-state index in [0.29, 0.717) is 22.6 Å². The Bertz CT molecular complexity index is 1130. The van der Waals surface area contributed by atoms with Crippen molar-refractivity contribution in [1.29, 1.82) is 5.26 Å². The molecule has 4 rings (SSSR count). The van der Waals surface area contributed by atoms with Crippen LogP contribution < -0.4 is 10.2 Å². The summed E-state index contributed by atoms with van der Waals surface area (Å²) in [6.45, 7) is 3.51. The van der Waals surface area contributed by atoms with Crippen LogP contribution in [0.5, 0.6) is 5.75 Å². The van der Waals surface area contributed by atoms with Crippen LogP contribution in [0.2, 0.25) is 0 Å². The number of hydrogen-bond donors (Lipinski definition) is 1. The van der Waals surface area contributed by atoms with E-state index < -0.39 is 0 Å². The molecule has 1 aliphatic heterocycles. The second-order valence-corrected chi connectivity index (χ2v) is 7.52. The summed E-state index contributed by atoms with van der Waals surface area (Å²) >= 11 is 0. The summed E-state index contributed by atoms with van der Waals surface area (Å²) in [5.74, 6) is -0.111. The molecule has 0 unspecified atom stereocenters. The van der Waals surface area contributed by atoms with E-state index in [2.05, 4.69) is 11.4 Å². The van der Waals surface area contributed by atoms with Crippen molar-refractivity contribution in [3.05, 3.63) is 77.4 Å². The lowest BCUT2D eigenvalue weighted by Crippen LogP contribution is -2.33. The number of halogens is 1. The third kappa shape index (κ3) is 4.60. The molecule has 0 saturated carbocycles. The molecule has 0 spiro atoms. The van der Waals surface area contributed by atoms with Gasteiger partial charge in [0.15, 0.2) is 5.75 Å². The fraction of sp³-hybridized carbons (Fsp3) is 0.250. The summed E-state index contributed by atoms with van der Waals surface area (Å²) in [6, 6.07) is 15.0. The zero-order chi connectivity index (χ0) is 21.8. The van der Waals surface area contributed by atoms with Crippen LogP contribution in [0.15, 0.2) is 54.7 Å². The van der Waals surface area contributed by atoms with Crippen LogP contribution in [-0.2, 0) is 0 Å². The molecule has 31 heavy (non-hydrogen) atoms. The number of hydroxylamine groups is 2. The van der Waals surface area contributed by atoms with Crippen LogP contribution in [0, 0.1) is 24.1 Å². The highest BCUT2D eigenvalue weighted by Crippen LogP contribution is 2.25. The Hall–Kier alpha value is -3.63. The van der Waals surface area contributed by atoms with Crippen molar-refractivity contribution in [3.63, 3.8) is 0 Å². The van der Waals surface area contributed by atoms with Crippen molar-refractivity contribution in [2.45, 2.75) is 26.2 Å². The molecule has 1 aliphatic rings. The number of anilines is 1. The van der Waals surface area contributed by atoms with Crippen LogP contribution >= 0.6 is 0 Å². The normalized spacial score (nSPS) is 14.1. The molecule has 1 saturated heterocycles. The number of nitrogens with one attached hydrogen (secondary N) is 1. The van der Waals surface area contributed by atoms with Gasteiger partial charge in [0.05, 0.1) is 11.1 Å². The van der Waals surface area contributed by atoms with Gasteiger partial charge in [-0.2, -0.15) is 5.26 Å². The van der Waals surface area contributed by atoms with Crippen LogP contribution in [0.4, 0.5) is 10.1 Å². The van der Waals surface area contributed by atoms with E-state index >= 15 is 0 Å². The topological polar surface area (TPSA) is 70.3 Å². The predicted molar refractivity (Wildman–Crippen MR) is 116 cm³/mol. The lowest BCUT2D eigenvalue weighted by Gasteiger charge is -2.26. The summed E-state index contributed by atoms with van der Waals surface area (Å²) in [6.07, 6.45) is 5.12. The van der Waals surface area contributed by atoms with Crippen LogP contribution in [0.3, 0.4) is 0 Å². The summed E-state index contributed by atoms with van der Waals surface area (Å²) < 4.78 is 15.0. The van der Waals surface area contributed by atoms with Crippen molar-refractivity contribution in [2.24, 2.45) is 0 Å². The fourth-order valence-electron chi connectivity index (χ4n) is 3.70. The van der Waals surface area contributed by atoms with Crippen molar-refractivity contribution in [3.8, 4) is 17.5 Å². The molecule has 6 nitrogen and oxygen atoms in total. The third-order valence-corrected chi connectivity index (χ3v) is 5.39. The first kappa shape index (κ1) is 20.6. The Balaban J connectivity index is 1.49. The second kappa shape index (κ2) is 9.02. The molecular weight excluding hydrogens is 395 g/mol. The van der Waals surface area contributed by atoms with E-state index in [9.17, 15) is 14.4 Å². The first-order valence-corrected chi connectivity index (χ1v) is 10.3. The Morgan fingerprint density at radius 1 is 1.10 bits per heavy atom. The standard InChI is InChI=1S/C24H23FN4O2/c1-17-22(11-14-29(17)21-8-5-19(25)6-9-21)24(30)27-20-7-10-23(18(15-20)16-26)31-28-12-3-2-4-13-28/h5-11,14-15H,2-4,12-13H2,1H3,(H,27,30). The zero-order valence-corrected chi connectivity index (χ0v) is 17.3. The molecule has 0 radical (unpaired) electrons. The van der Waals surface area contributed by atoms with Gasteiger partial charge in [0, 0.05) is 36.4 Å². The predicted octanol–water partition coefficient (Wildman–Crippen LogP) is 4.83. The summed E-state index contributed by atoms with van der Waals surface area (Å²) in [5.41, 5.74) is 2.88. The molecule has 1 aromatic heterocycles. The number of carbonyl (C=O) groups excluding carboxylic acids is 1. The van der Waals surface area contributed by atoms with Crippen molar-refractivity contribution < 1.29 is 14.0 Å². The maximum Gasteiger partial charge on any atom is 0.257 e. The van der Waals surface area contributed by atoms with Crippen LogP contribution in [0.25, 0.3) is 5.69 Å². The molecule has 0 bridgehead atoms. The zero-order valence-electron chi connectivity index (χ0n) is 17.3. The molecule has 1 fully saturated rings. The van der Waals surface area contributed by atoms with Gasteiger partial charge in [-0.1, -0.05) is 6.42 Å². The summed E-state index contributed by atoms with van der Waals surface area (Å²) in [5, 5.41) is 14.2. The van der Waals surface area contributed by atoms with E-state index in [4.69, 9.17) is 4.84 Å². The number of amides is 1. The minimum absolute atomic E-state index is 0.285. The van der Waals surface area contributed by atoms with Gasteiger partial charge in [-0.15, -0.1) is 5.06 Å². The Morgan fingerprint density at radius 2 is 1.84 bits per heavy atom. The summed E-state index contributed by atoms with van der Waals surface area (Å²) in [7, 11) is 0. The number of rotatable bonds is 5. The van der Waals surface area contributed by atoms with E-state index in [1.165, 1.54) is 18.6 Å². The number of nitriles is 1. The average Bonchev–Trinajstić information content (AvgIpc) is 3.17. The van der Waals surface area contributed by atoms with Crippen molar-refractivity contribution in [2.75, 3.05) is 18.4 Å². The highest BCUT2D eigenvalue weighted by atomic mass is 19.1. The Morgan fingerprint density at radius 3 is 2.55 bits per heavy atom. The highest BCUT2D eigenvalue weighted by molar-refractivity contribution is 6.05. The number of nitrogens with zero attached hydrogens (tertiary/aromatic N) is 3. The number of aromatic nitrogens is 1. The number of piperidine rings is 1. The fourth-order valence-corrected chi connectivity index (χ4v) is 3.70. The van der Waals surface area contributed by atoms with E-state index in [0.717, 1.165) is 37.3 Å². The quantitative estimate of drug-likeness (QED) is 0.644. The molecule has 1 N–H and O–H groups in total. The van der Waals surface area contributed by atoms with Crippen molar-refractivity contribution >= 4 is 11.6 Å². The summed E-state index contributed by atoms with van der Waals surface area (Å²) in [4.78, 5) is 18.7. The monoisotopic (exact) mass is 418 g/mol. The first-order valence-electron chi connectivity index (χ1n) is 10.3. The number of carbonyl (C=O) groups is 1. The SMILES string of the molecule is Cc1c(C(=O)Nc2ccc(ON3CCCCC3)c(C#N)c2)ccn1-c1ccc(F)cc1. The average molecular weight is 418 g/mol. The molecule has 1 amide bonds. The lowest BCUT2D eigenvalue weighted by molar-refractivity contribution is -0.0722. The van der Waals surface area contributed by atoms with Crippen LogP contribution in [-0.4, -0.2) is 28.6 Å². The van der Waals surface area contributed by atoms with Gasteiger partial charge in [-0.3, -0.25) is 4.79 Å².